The van der Waals surface area contributed by atoms with E-state index in [0.29, 0.717) is 0 Å². The highest BCUT2D eigenvalue weighted by Crippen LogP contribution is 2.22. The van der Waals surface area contributed by atoms with Gasteiger partial charge in [0.1, 0.15) is 0 Å². The first kappa shape index (κ1) is 13.4. The minimum atomic E-state index is 0.137. The third kappa shape index (κ3) is 2.54. The van der Waals surface area contributed by atoms with E-state index in [-0.39, 0.29) is 5.84 Å². The predicted octanol–water partition coefficient (Wildman–Crippen LogP) is 2.63. The van der Waals surface area contributed by atoms with E-state index in [2.05, 4.69) is 17.2 Å². The van der Waals surface area contributed by atoms with Gasteiger partial charge in [-0.1, -0.05) is 24.9 Å². The zero-order valence-electron chi connectivity index (χ0n) is 11.4. The number of unbranched alkanes of at least 4 members (excludes halogenated alkanes) is 2. The summed E-state index contributed by atoms with van der Waals surface area (Å²) in [7, 11) is 0. The number of oxime groups is 1. The van der Waals surface area contributed by atoms with Gasteiger partial charge in [-0.2, -0.15) is 5.10 Å². The van der Waals surface area contributed by atoms with Crippen LogP contribution in [0.5, 0.6) is 0 Å². The standard InChI is InChI=1S/C14H20N4O/c1-3-4-5-8-18-13-7-6-11(14(15)17-19)10(2)12(13)9-16-18/h6-7,9,19H,3-5,8H2,1-2H3,(H2,15,17). The van der Waals surface area contributed by atoms with Crippen LogP contribution in [0, 0.1) is 6.92 Å². The summed E-state index contributed by atoms with van der Waals surface area (Å²) in [6.07, 6.45) is 5.40. The van der Waals surface area contributed by atoms with Gasteiger partial charge in [0, 0.05) is 17.5 Å². The zero-order chi connectivity index (χ0) is 13.8. The molecule has 102 valence electrons. The first-order chi connectivity index (χ1) is 9.19. The van der Waals surface area contributed by atoms with E-state index in [1.807, 2.05) is 29.9 Å². The molecule has 1 aromatic heterocycles. The zero-order valence-corrected chi connectivity index (χ0v) is 11.4. The normalized spacial score (nSPS) is 12.2. The van der Waals surface area contributed by atoms with Crippen molar-refractivity contribution < 1.29 is 5.21 Å². The van der Waals surface area contributed by atoms with Crippen LogP contribution >= 0.6 is 0 Å². The van der Waals surface area contributed by atoms with E-state index >= 15 is 0 Å². The number of aryl methyl sites for hydroxylation is 2. The Morgan fingerprint density at radius 3 is 2.89 bits per heavy atom. The summed E-state index contributed by atoms with van der Waals surface area (Å²) in [4.78, 5) is 0. The molecule has 0 aliphatic heterocycles. The molecule has 0 atom stereocenters. The molecule has 3 N–H and O–H groups in total. The lowest BCUT2D eigenvalue weighted by Gasteiger charge is -2.07. The first-order valence-electron chi connectivity index (χ1n) is 6.62. The minimum absolute atomic E-state index is 0.137. The lowest BCUT2D eigenvalue weighted by atomic mass is 10.0. The summed E-state index contributed by atoms with van der Waals surface area (Å²) in [6, 6.07) is 3.86. The van der Waals surface area contributed by atoms with Crippen LogP contribution in [0.15, 0.2) is 23.5 Å². The second-order valence-corrected chi connectivity index (χ2v) is 4.73. The van der Waals surface area contributed by atoms with Gasteiger partial charge in [-0.15, -0.1) is 0 Å². The Kier molecular flexibility index (Phi) is 4.04. The van der Waals surface area contributed by atoms with E-state index in [0.717, 1.165) is 35.0 Å². The van der Waals surface area contributed by atoms with E-state index in [9.17, 15) is 0 Å². The Morgan fingerprint density at radius 1 is 1.42 bits per heavy atom. The molecular weight excluding hydrogens is 240 g/mol. The average molecular weight is 260 g/mol. The van der Waals surface area contributed by atoms with Crippen molar-refractivity contribution in [3.63, 3.8) is 0 Å². The van der Waals surface area contributed by atoms with Gasteiger partial charge in [0.25, 0.3) is 0 Å². The molecule has 19 heavy (non-hydrogen) atoms. The highest BCUT2D eigenvalue weighted by molar-refractivity contribution is 6.02. The first-order valence-corrected chi connectivity index (χ1v) is 6.62. The fraction of sp³-hybridized carbons (Fsp3) is 0.429. The fourth-order valence-corrected chi connectivity index (χ4v) is 2.31. The number of hydrogen-bond donors (Lipinski definition) is 2. The van der Waals surface area contributed by atoms with E-state index < -0.39 is 0 Å². The lowest BCUT2D eigenvalue weighted by molar-refractivity contribution is 0.318. The number of benzene rings is 1. The molecule has 0 aliphatic rings. The highest BCUT2D eigenvalue weighted by atomic mass is 16.4. The summed E-state index contributed by atoms with van der Waals surface area (Å²) < 4.78 is 2.02. The van der Waals surface area contributed by atoms with Crippen molar-refractivity contribution >= 4 is 16.7 Å². The number of rotatable bonds is 5. The van der Waals surface area contributed by atoms with Gasteiger partial charge in [-0.25, -0.2) is 0 Å². The molecule has 2 rings (SSSR count). The maximum absolute atomic E-state index is 8.78. The Hall–Kier alpha value is -2.04. The molecule has 0 amide bonds. The molecule has 0 radical (unpaired) electrons. The number of amidine groups is 1. The second-order valence-electron chi connectivity index (χ2n) is 4.73. The molecule has 0 spiro atoms. The largest absolute Gasteiger partial charge is 0.409 e. The summed E-state index contributed by atoms with van der Waals surface area (Å²) in [5.41, 5.74) is 8.51. The van der Waals surface area contributed by atoms with Crippen LogP contribution in [-0.2, 0) is 6.54 Å². The van der Waals surface area contributed by atoms with Crippen molar-refractivity contribution in [3.8, 4) is 0 Å². The van der Waals surface area contributed by atoms with E-state index in [1.54, 1.807) is 0 Å². The van der Waals surface area contributed by atoms with Crippen LogP contribution in [0.3, 0.4) is 0 Å². The number of fused-ring (bicyclic) bond motifs is 1. The van der Waals surface area contributed by atoms with Crippen molar-refractivity contribution in [3.05, 3.63) is 29.5 Å². The van der Waals surface area contributed by atoms with Crippen LogP contribution in [-0.4, -0.2) is 20.8 Å². The molecule has 0 saturated carbocycles. The summed E-state index contributed by atoms with van der Waals surface area (Å²) in [5.74, 6) is 0.137. The number of nitrogens with zero attached hydrogens (tertiary/aromatic N) is 3. The van der Waals surface area contributed by atoms with Crippen LogP contribution in [0.1, 0.15) is 37.3 Å². The molecule has 0 aliphatic carbocycles. The van der Waals surface area contributed by atoms with Gasteiger partial charge in [-0.3, -0.25) is 4.68 Å². The Morgan fingerprint density at radius 2 is 2.21 bits per heavy atom. The Balaban J connectivity index is 2.38. The van der Waals surface area contributed by atoms with Gasteiger partial charge < -0.3 is 10.9 Å². The summed E-state index contributed by atoms with van der Waals surface area (Å²) in [5, 5.41) is 17.3. The van der Waals surface area contributed by atoms with Gasteiger partial charge in [0.15, 0.2) is 5.84 Å². The molecule has 2 aromatic rings. The third-order valence-corrected chi connectivity index (χ3v) is 3.45. The fourth-order valence-electron chi connectivity index (χ4n) is 2.31. The predicted molar refractivity (Wildman–Crippen MR) is 76.5 cm³/mol. The van der Waals surface area contributed by atoms with Gasteiger partial charge >= 0.3 is 0 Å². The highest BCUT2D eigenvalue weighted by Gasteiger charge is 2.10. The smallest absolute Gasteiger partial charge is 0.170 e. The van der Waals surface area contributed by atoms with Crippen LogP contribution in [0.4, 0.5) is 0 Å². The van der Waals surface area contributed by atoms with Crippen molar-refractivity contribution in [1.82, 2.24) is 9.78 Å². The van der Waals surface area contributed by atoms with Gasteiger partial charge in [-0.05, 0) is 31.0 Å². The lowest BCUT2D eigenvalue weighted by Crippen LogP contribution is -2.14. The van der Waals surface area contributed by atoms with Crippen molar-refractivity contribution in [2.45, 2.75) is 39.7 Å². The molecule has 0 fully saturated rings. The monoisotopic (exact) mass is 260 g/mol. The molecule has 1 aromatic carbocycles. The van der Waals surface area contributed by atoms with E-state index in [4.69, 9.17) is 10.9 Å². The van der Waals surface area contributed by atoms with Gasteiger partial charge in [0.2, 0.25) is 0 Å². The molecule has 0 unspecified atom stereocenters. The van der Waals surface area contributed by atoms with Crippen molar-refractivity contribution in [1.29, 1.82) is 0 Å². The quantitative estimate of drug-likeness (QED) is 0.285. The number of nitrogens with two attached hydrogens (primary N) is 1. The molecule has 0 saturated heterocycles. The van der Waals surface area contributed by atoms with Gasteiger partial charge in [0.05, 0.1) is 11.7 Å². The summed E-state index contributed by atoms with van der Waals surface area (Å²) in [6.45, 7) is 5.09. The average Bonchev–Trinajstić information content (AvgIpc) is 2.83. The van der Waals surface area contributed by atoms with Crippen molar-refractivity contribution in [2.24, 2.45) is 10.9 Å². The molecular formula is C14H20N4O. The molecule has 0 bridgehead atoms. The Labute approximate surface area is 112 Å². The van der Waals surface area contributed by atoms with E-state index in [1.165, 1.54) is 12.8 Å². The Bertz CT molecular complexity index is 601. The van der Waals surface area contributed by atoms with Crippen molar-refractivity contribution in [2.75, 3.05) is 0 Å². The summed E-state index contributed by atoms with van der Waals surface area (Å²) >= 11 is 0. The SMILES string of the molecule is CCCCCn1ncc2c(C)c(C(N)=NO)ccc21. The molecule has 1 heterocycles. The number of aromatic nitrogens is 2. The van der Waals surface area contributed by atoms with Crippen LogP contribution in [0.2, 0.25) is 0 Å². The molecule has 5 heteroatoms. The maximum Gasteiger partial charge on any atom is 0.170 e. The minimum Gasteiger partial charge on any atom is -0.409 e. The second kappa shape index (κ2) is 5.73. The molecule has 5 nitrogen and oxygen atoms in total. The third-order valence-electron chi connectivity index (χ3n) is 3.45. The van der Waals surface area contributed by atoms with Crippen LogP contribution in [0.25, 0.3) is 10.9 Å². The number of hydrogen-bond acceptors (Lipinski definition) is 3. The van der Waals surface area contributed by atoms with Crippen LogP contribution < -0.4 is 5.73 Å². The topological polar surface area (TPSA) is 76.4 Å². The maximum atomic E-state index is 8.78.